The van der Waals surface area contributed by atoms with Gasteiger partial charge in [0, 0.05) is 10.8 Å². The second kappa shape index (κ2) is 8.78. The molecular formula is C18H17ClN2O3S. The molecule has 0 fully saturated rings. The highest BCUT2D eigenvalue weighted by Gasteiger charge is 2.08. The van der Waals surface area contributed by atoms with Crippen molar-refractivity contribution in [1.82, 2.24) is 10.2 Å². The van der Waals surface area contributed by atoms with Crippen LogP contribution in [-0.2, 0) is 6.42 Å². The maximum atomic E-state index is 5.83. The smallest absolute Gasteiger partial charge is 0.276 e. The quantitative estimate of drug-likeness (QED) is 0.426. The summed E-state index contributed by atoms with van der Waals surface area (Å²) in [5.41, 5.74) is 1.09. The average molecular weight is 377 g/mol. The molecule has 3 rings (SSSR count). The molecule has 0 aliphatic carbocycles. The third-order valence-corrected chi connectivity index (χ3v) is 4.39. The fourth-order valence-electron chi connectivity index (χ4n) is 2.11. The average Bonchev–Trinajstić information content (AvgIpc) is 3.08. The number of benzene rings is 2. The summed E-state index contributed by atoms with van der Waals surface area (Å²) in [7, 11) is 1.65. The van der Waals surface area contributed by atoms with E-state index >= 15 is 0 Å². The van der Waals surface area contributed by atoms with Gasteiger partial charge in [0.1, 0.15) is 11.5 Å². The van der Waals surface area contributed by atoms with Crippen LogP contribution in [0.3, 0.4) is 0 Å². The molecule has 130 valence electrons. The molecule has 2 aromatic carbocycles. The molecule has 0 aliphatic rings. The number of halogens is 1. The number of methoxy groups -OCH3 is 1. The van der Waals surface area contributed by atoms with Crippen LogP contribution in [0.15, 0.2) is 58.2 Å². The molecule has 0 unspecified atom stereocenters. The Morgan fingerprint density at radius 1 is 1.00 bits per heavy atom. The Kier molecular flexibility index (Phi) is 6.19. The molecule has 0 bridgehead atoms. The fourth-order valence-corrected chi connectivity index (χ4v) is 2.83. The molecule has 0 saturated carbocycles. The molecule has 1 heterocycles. The van der Waals surface area contributed by atoms with E-state index in [0.717, 1.165) is 17.1 Å². The van der Waals surface area contributed by atoms with Gasteiger partial charge in [0.05, 0.1) is 20.1 Å². The van der Waals surface area contributed by atoms with Crippen LogP contribution in [-0.4, -0.2) is 29.7 Å². The van der Waals surface area contributed by atoms with Crippen LogP contribution < -0.4 is 9.47 Å². The topological polar surface area (TPSA) is 57.4 Å². The van der Waals surface area contributed by atoms with Gasteiger partial charge >= 0.3 is 0 Å². The van der Waals surface area contributed by atoms with E-state index in [0.29, 0.717) is 34.9 Å². The van der Waals surface area contributed by atoms with Crippen LogP contribution in [0.4, 0.5) is 0 Å². The van der Waals surface area contributed by atoms with Gasteiger partial charge in [0.15, 0.2) is 0 Å². The van der Waals surface area contributed by atoms with Crippen molar-refractivity contribution in [3.63, 3.8) is 0 Å². The second-order valence-electron chi connectivity index (χ2n) is 5.14. The lowest BCUT2D eigenvalue weighted by atomic mass is 10.1. The normalized spacial score (nSPS) is 10.6. The summed E-state index contributed by atoms with van der Waals surface area (Å²) in [4.78, 5) is 0. The third kappa shape index (κ3) is 5.41. The summed E-state index contributed by atoms with van der Waals surface area (Å²) in [5, 5.41) is 9.36. The largest absolute Gasteiger partial charge is 0.497 e. The predicted molar refractivity (Wildman–Crippen MR) is 97.8 cm³/mol. The summed E-state index contributed by atoms with van der Waals surface area (Å²) < 4.78 is 16.4. The van der Waals surface area contributed by atoms with Crippen LogP contribution >= 0.6 is 23.4 Å². The Labute approximate surface area is 155 Å². The third-order valence-electron chi connectivity index (χ3n) is 3.35. The number of hydrogen-bond donors (Lipinski definition) is 0. The lowest BCUT2D eigenvalue weighted by Crippen LogP contribution is -1.99. The summed E-state index contributed by atoms with van der Waals surface area (Å²) in [6.07, 6.45) is 0.596. The highest BCUT2D eigenvalue weighted by Crippen LogP contribution is 2.20. The number of thioether (sulfide) groups is 1. The van der Waals surface area contributed by atoms with E-state index in [2.05, 4.69) is 10.2 Å². The SMILES string of the molecule is COc1ccc(Cc2nnc(SCCOc3ccc(Cl)cc3)o2)cc1. The van der Waals surface area contributed by atoms with Crippen molar-refractivity contribution in [2.45, 2.75) is 11.6 Å². The minimum atomic E-state index is 0.544. The molecule has 0 saturated heterocycles. The molecule has 0 N–H and O–H groups in total. The first-order chi connectivity index (χ1) is 12.2. The molecule has 0 radical (unpaired) electrons. The van der Waals surface area contributed by atoms with Crippen molar-refractivity contribution >= 4 is 23.4 Å². The van der Waals surface area contributed by atoms with Crippen LogP contribution in [0.2, 0.25) is 5.02 Å². The summed E-state index contributed by atoms with van der Waals surface area (Å²) >= 11 is 7.30. The van der Waals surface area contributed by atoms with Crippen molar-refractivity contribution in [3.05, 3.63) is 65.0 Å². The van der Waals surface area contributed by atoms with E-state index in [1.165, 1.54) is 11.8 Å². The Bertz CT molecular complexity index is 791. The Morgan fingerprint density at radius 2 is 1.72 bits per heavy atom. The number of hydrogen-bond acceptors (Lipinski definition) is 6. The van der Waals surface area contributed by atoms with Crippen LogP contribution in [0.25, 0.3) is 0 Å². The van der Waals surface area contributed by atoms with Crippen molar-refractivity contribution in [2.75, 3.05) is 19.5 Å². The van der Waals surface area contributed by atoms with Crippen LogP contribution in [0, 0.1) is 0 Å². The lowest BCUT2D eigenvalue weighted by Gasteiger charge is -2.04. The maximum absolute atomic E-state index is 5.83. The molecule has 5 nitrogen and oxygen atoms in total. The van der Waals surface area contributed by atoms with Gasteiger partial charge in [-0.3, -0.25) is 0 Å². The van der Waals surface area contributed by atoms with E-state index in [1.807, 2.05) is 36.4 Å². The number of ether oxygens (including phenoxy) is 2. The zero-order chi connectivity index (χ0) is 17.5. The first kappa shape index (κ1) is 17.6. The van der Waals surface area contributed by atoms with Gasteiger partial charge in [0.25, 0.3) is 5.22 Å². The van der Waals surface area contributed by atoms with Crippen LogP contribution in [0.5, 0.6) is 11.5 Å². The number of aromatic nitrogens is 2. The Hall–Kier alpha value is -2.18. The van der Waals surface area contributed by atoms with Crippen molar-refractivity contribution < 1.29 is 13.9 Å². The van der Waals surface area contributed by atoms with Crippen LogP contribution in [0.1, 0.15) is 11.5 Å². The van der Waals surface area contributed by atoms with Gasteiger partial charge in [-0.05, 0) is 42.0 Å². The van der Waals surface area contributed by atoms with Gasteiger partial charge in [0.2, 0.25) is 5.89 Å². The van der Waals surface area contributed by atoms with Crippen molar-refractivity contribution in [2.24, 2.45) is 0 Å². The van der Waals surface area contributed by atoms with Gasteiger partial charge in [-0.15, -0.1) is 10.2 Å². The molecule has 3 aromatic rings. The van der Waals surface area contributed by atoms with Crippen molar-refractivity contribution in [1.29, 1.82) is 0 Å². The van der Waals surface area contributed by atoms with E-state index in [4.69, 9.17) is 25.5 Å². The van der Waals surface area contributed by atoms with Gasteiger partial charge in [-0.2, -0.15) is 0 Å². The highest BCUT2D eigenvalue weighted by atomic mass is 35.5. The Morgan fingerprint density at radius 3 is 2.44 bits per heavy atom. The van der Waals surface area contributed by atoms with Gasteiger partial charge < -0.3 is 13.9 Å². The molecule has 1 aromatic heterocycles. The molecular weight excluding hydrogens is 360 g/mol. The van der Waals surface area contributed by atoms with E-state index in [9.17, 15) is 0 Å². The monoisotopic (exact) mass is 376 g/mol. The Balaban J connectivity index is 1.44. The van der Waals surface area contributed by atoms with E-state index in [1.54, 1.807) is 19.2 Å². The maximum Gasteiger partial charge on any atom is 0.276 e. The lowest BCUT2D eigenvalue weighted by molar-refractivity contribution is 0.343. The van der Waals surface area contributed by atoms with E-state index < -0.39 is 0 Å². The van der Waals surface area contributed by atoms with Gasteiger partial charge in [-0.25, -0.2) is 0 Å². The molecule has 0 atom stereocenters. The summed E-state index contributed by atoms with van der Waals surface area (Å²) in [6.45, 7) is 0.544. The minimum Gasteiger partial charge on any atom is -0.497 e. The van der Waals surface area contributed by atoms with E-state index in [-0.39, 0.29) is 0 Å². The molecule has 25 heavy (non-hydrogen) atoms. The number of rotatable bonds is 8. The summed E-state index contributed by atoms with van der Waals surface area (Å²) in [6, 6.07) is 15.1. The first-order valence-electron chi connectivity index (χ1n) is 7.69. The predicted octanol–water partition coefficient (Wildman–Crippen LogP) is 4.49. The minimum absolute atomic E-state index is 0.544. The van der Waals surface area contributed by atoms with Gasteiger partial charge in [-0.1, -0.05) is 35.5 Å². The molecule has 0 amide bonds. The molecule has 0 aliphatic heterocycles. The number of nitrogens with zero attached hydrogens (tertiary/aromatic N) is 2. The zero-order valence-corrected chi connectivity index (χ0v) is 15.2. The van der Waals surface area contributed by atoms with Crippen molar-refractivity contribution in [3.8, 4) is 11.5 Å². The first-order valence-corrected chi connectivity index (χ1v) is 9.06. The molecule has 0 spiro atoms. The molecule has 7 heteroatoms. The zero-order valence-electron chi connectivity index (χ0n) is 13.6. The standard InChI is InChI=1S/C18H17ClN2O3S/c1-22-15-6-2-13(3-7-15)12-17-20-21-18(24-17)25-11-10-23-16-8-4-14(19)5-9-16/h2-9H,10-12H2,1H3. The summed E-state index contributed by atoms with van der Waals surface area (Å²) in [5.74, 6) is 2.92. The highest BCUT2D eigenvalue weighted by molar-refractivity contribution is 7.99. The fraction of sp³-hybridized carbons (Fsp3) is 0.222. The second-order valence-corrected chi connectivity index (χ2v) is 6.62.